The number of piperazine rings is 1. The standard InChI is InChI=1S/C22H27FN6O2/c1-2-3-5-19(21-24-25-26-29(21)16-17-7-9-18(23)10-8-17)27-11-13-28(14-12-27)22(30)20-6-4-15-31-20/h4,6-10,15,19H,2-3,5,11-14,16H2,1H3/t19-/m1/s1. The molecule has 1 saturated heterocycles. The van der Waals surface area contributed by atoms with Gasteiger partial charge in [0.1, 0.15) is 5.82 Å². The number of aromatic nitrogens is 4. The fraction of sp³-hybridized carbons (Fsp3) is 0.455. The molecule has 1 fully saturated rings. The number of amides is 1. The van der Waals surface area contributed by atoms with E-state index in [2.05, 4.69) is 27.3 Å². The number of carbonyl (C=O) groups excluding carboxylic acids is 1. The molecule has 1 aromatic carbocycles. The Labute approximate surface area is 180 Å². The zero-order valence-corrected chi connectivity index (χ0v) is 17.7. The maximum atomic E-state index is 13.2. The van der Waals surface area contributed by atoms with Crippen molar-refractivity contribution < 1.29 is 13.6 Å². The van der Waals surface area contributed by atoms with Gasteiger partial charge in [0.25, 0.3) is 5.91 Å². The Morgan fingerprint density at radius 1 is 1.16 bits per heavy atom. The van der Waals surface area contributed by atoms with Crippen molar-refractivity contribution >= 4 is 5.91 Å². The molecule has 0 radical (unpaired) electrons. The fourth-order valence-electron chi connectivity index (χ4n) is 3.99. The summed E-state index contributed by atoms with van der Waals surface area (Å²) in [6, 6.07) is 9.89. The van der Waals surface area contributed by atoms with Gasteiger partial charge >= 0.3 is 0 Å². The van der Waals surface area contributed by atoms with E-state index < -0.39 is 0 Å². The average molecular weight is 426 g/mol. The molecular formula is C22H27FN6O2. The fourth-order valence-corrected chi connectivity index (χ4v) is 3.99. The minimum Gasteiger partial charge on any atom is -0.459 e. The van der Waals surface area contributed by atoms with Gasteiger partial charge in [-0.15, -0.1) is 5.10 Å². The van der Waals surface area contributed by atoms with Crippen LogP contribution in [0.3, 0.4) is 0 Å². The van der Waals surface area contributed by atoms with Crippen LogP contribution in [0.2, 0.25) is 0 Å². The van der Waals surface area contributed by atoms with Crippen molar-refractivity contribution in [2.24, 2.45) is 0 Å². The third-order valence-electron chi connectivity index (χ3n) is 5.71. The molecule has 3 heterocycles. The van der Waals surface area contributed by atoms with Gasteiger partial charge in [-0.05, 0) is 46.7 Å². The van der Waals surface area contributed by atoms with Gasteiger partial charge in [-0.25, -0.2) is 9.07 Å². The van der Waals surface area contributed by atoms with Crippen molar-refractivity contribution in [3.8, 4) is 0 Å². The molecule has 9 heteroatoms. The zero-order valence-electron chi connectivity index (χ0n) is 17.7. The van der Waals surface area contributed by atoms with Crippen LogP contribution >= 0.6 is 0 Å². The highest BCUT2D eigenvalue weighted by Gasteiger charge is 2.31. The maximum Gasteiger partial charge on any atom is 0.289 e. The summed E-state index contributed by atoms with van der Waals surface area (Å²) in [7, 11) is 0. The molecule has 4 rings (SSSR count). The first-order valence-electron chi connectivity index (χ1n) is 10.7. The number of hydrogen-bond donors (Lipinski definition) is 0. The van der Waals surface area contributed by atoms with Crippen molar-refractivity contribution in [2.45, 2.75) is 38.8 Å². The number of furan rings is 1. The molecule has 8 nitrogen and oxygen atoms in total. The highest BCUT2D eigenvalue weighted by molar-refractivity contribution is 5.91. The number of nitrogens with zero attached hydrogens (tertiary/aromatic N) is 6. The molecular weight excluding hydrogens is 399 g/mol. The molecule has 0 bridgehead atoms. The maximum absolute atomic E-state index is 13.2. The molecule has 3 aromatic rings. The number of hydrogen-bond acceptors (Lipinski definition) is 6. The van der Waals surface area contributed by atoms with Gasteiger partial charge < -0.3 is 9.32 Å². The summed E-state index contributed by atoms with van der Waals surface area (Å²) in [4.78, 5) is 16.8. The Morgan fingerprint density at radius 3 is 2.61 bits per heavy atom. The molecule has 0 aliphatic carbocycles. The SMILES string of the molecule is CCCC[C@H](c1nnnn1Cc1ccc(F)cc1)N1CCN(C(=O)c2ccco2)CC1. The molecule has 31 heavy (non-hydrogen) atoms. The number of benzene rings is 1. The molecule has 0 saturated carbocycles. The second kappa shape index (κ2) is 9.82. The summed E-state index contributed by atoms with van der Waals surface area (Å²) in [5.41, 5.74) is 0.943. The molecule has 2 aromatic heterocycles. The molecule has 1 aliphatic rings. The Hall–Kier alpha value is -3.07. The van der Waals surface area contributed by atoms with Crippen LogP contribution in [-0.2, 0) is 6.54 Å². The summed E-state index contributed by atoms with van der Waals surface area (Å²) in [5.74, 6) is 0.849. The lowest BCUT2D eigenvalue weighted by molar-refractivity contribution is 0.0513. The van der Waals surface area contributed by atoms with Gasteiger partial charge in [0.2, 0.25) is 0 Å². The van der Waals surface area contributed by atoms with Gasteiger partial charge in [-0.1, -0.05) is 31.9 Å². The van der Waals surface area contributed by atoms with E-state index in [0.717, 1.165) is 43.7 Å². The number of carbonyl (C=O) groups is 1. The van der Waals surface area contributed by atoms with Crippen LogP contribution in [0.4, 0.5) is 4.39 Å². The van der Waals surface area contributed by atoms with Crippen molar-refractivity contribution in [1.29, 1.82) is 0 Å². The Bertz CT molecular complexity index is 964. The normalized spacial score (nSPS) is 15.9. The Morgan fingerprint density at radius 2 is 1.94 bits per heavy atom. The first kappa shape index (κ1) is 21.2. The van der Waals surface area contributed by atoms with Crippen molar-refractivity contribution in [1.82, 2.24) is 30.0 Å². The lowest BCUT2D eigenvalue weighted by atomic mass is 10.1. The minimum absolute atomic E-state index is 0.0660. The van der Waals surface area contributed by atoms with E-state index in [4.69, 9.17) is 4.42 Å². The summed E-state index contributed by atoms with van der Waals surface area (Å²) in [5, 5.41) is 12.5. The van der Waals surface area contributed by atoms with E-state index in [1.807, 2.05) is 4.90 Å². The van der Waals surface area contributed by atoms with Crippen LogP contribution in [0.1, 0.15) is 54.2 Å². The van der Waals surface area contributed by atoms with Gasteiger partial charge in [0.05, 0.1) is 18.8 Å². The molecule has 1 amide bonds. The quantitative estimate of drug-likeness (QED) is 0.551. The second-order valence-electron chi connectivity index (χ2n) is 7.78. The number of rotatable bonds is 8. The predicted octanol–water partition coefficient (Wildman–Crippen LogP) is 3.14. The monoisotopic (exact) mass is 426 g/mol. The van der Waals surface area contributed by atoms with E-state index in [1.165, 1.54) is 18.4 Å². The second-order valence-corrected chi connectivity index (χ2v) is 7.78. The molecule has 164 valence electrons. The largest absolute Gasteiger partial charge is 0.459 e. The van der Waals surface area contributed by atoms with Crippen LogP contribution < -0.4 is 0 Å². The molecule has 1 atom stereocenters. The molecule has 0 N–H and O–H groups in total. The van der Waals surface area contributed by atoms with Gasteiger partial charge in [-0.3, -0.25) is 9.69 Å². The summed E-state index contributed by atoms with van der Waals surface area (Å²) < 4.78 is 20.3. The van der Waals surface area contributed by atoms with Crippen molar-refractivity contribution in [3.63, 3.8) is 0 Å². The molecule has 0 unspecified atom stereocenters. The number of unbranched alkanes of at least 4 members (excludes halogenated alkanes) is 1. The van der Waals surface area contributed by atoms with Crippen LogP contribution in [0.25, 0.3) is 0 Å². The lowest BCUT2D eigenvalue weighted by Crippen LogP contribution is -2.50. The lowest BCUT2D eigenvalue weighted by Gasteiger charge is -2.38. The highest BCUT2D eigenvalue weighted by Crippen LogP contribution is 2.26. The topological polar surface area (TPSA) is 80.3 Å². The van der Waals surface area contributed by atoms with E-state index in [1.54, 1.807) is 28.9 Å². The van der Waals surface area contributed by atoms with Crippen LogP contribution in [-0.4, -0.2) is 62.1 Å². The summed E-state index contributed by atoms with van der Waals surface area (Å²) in [6.07, 6.45) is 4.59. The summed E-state index contributed by atoms with van der Waals surface area (Å²) in [6.45, 7) is 5.39. The minimum atomic E-state index is -0.261. The first-order valence-corrected chi connectivity index (χ1v) is 10.7. The van der Waals surface area contributed by atoms with Crippen LogP contribution in [0.5, 0.6) is 0 Å². The predicted molar refractivity (Wildman–Crippen MR) is 112 cm³/mol. The van der Waals surface area contributed by atoms with Gasteiger partial charge in [-0.2, -0.15) is 0 Å². The third-order valence-corrected chi connectivity index (χ3v) is 5.71. The van der Waals surface area contributed by atoms with Crippen molar-refractivity contribution in [2.75, 3.05) is 26.2 Å². The number of halogens is 1. The Kier molecular flexibility index (Phi) is 6.71. The highest BCUT2D eigenvalue weighted by atomic mass is 19.1. The number of tetrazole rings is 1. The average Bonchev–Trinajstić information content (AvgIpc) is 3.48. The smallest absolute Gasteiger partial charge is 0.289 e. The van der Waals surface area contributed by atoms with Crippen LogP contribution in [0, 0.1) is 5.82 Å². The van der Waals surface area contributed by atoms with E-state index in [0.29, 0.717) is 25.4 Å². The van der Waals surface area contributed by atoms with Crippen LogP contribution in [0.15, 0.2) is 47.1 Å². The first-order chi connectivity index (χ1) is 15.2. The third kappa shape index (κ3) is 4.99. The van der Waals surface area contributed by atoms with E-state index >= 15 is 0 Å². The van der Waals surface area contributed by atoms with E-state index in [9.17, 15) is 9.18 Å². The Balaban J connectivity index is 1.46. The zero-order chi connectivity index (χ0) is 21.6. The summed E-state index contributed by atoms with van der Waals surface area (Å²) >= 11 is 0. The molecule has 0 spiro atoms. The molecule has 1 aliphatic heterocycles. The van der Waals surface area contributed by atoms with Gasteiger partial charge in [0, 0.05) is 26.2 Å². The van der Waals surface area contributed by atoms with E-state index in [-0.39, 0.29) is 17.8 Å². The van der Waals surface area contributed by atoms with Crippen molar-refractivity contribution in [3.05, 3.63) is 65.6 Å². The van der Waals surface area contributed by atoms with Gasteiger partial charge in [0.15, 0.2) is 11.6 Å².